The molecule has 106 valence electrons. The number of aryl methyl sites for hydroxylation is 1. The molecule has 1 atom stereocenters. The molecule has 0 bridgehead atoms. The van der Waals surface area contributed by atoms with Crippen LogP contribution in [0.4, 0.5) is 11.5 Å². The lowest BCUT2D eigenvalue weighted by Gasteiger charge is -2.10. The van der Waals surface area contributed by atoms with Crippen molar-refractivity contribution in [3.8, 4) is 0 Å². The van der Waals surface area contributed by atoms with Gasteiger partial charge in [0.2, 0.25) is 5.91 Å². The highest BCUT2D eigenvalue weighted by atomic mass is 16.6. The van der Waals surface area contributed by atoms with E-state index in [4.69, 9.17) is 4.52 Å². The zero-order valence-electron chi connectivity index (χ0n) is 10.9. The molecule has 0 saturated heterocycles. The molecule has 1 N–H and O–H groups in total. The maximum atomic E-state index is 11.9. The van der Waals surface area contributed by atoms with E-state index >= 15 is 0 Å². The maximum absolute atomic E-state index is 11.9. The van der Waals surface area contributed by atoms with Gasteiger partial charge in [-0.05, 0) is 6.92 Å². The van der Waals surface area contributed by atoms with Crippen LogP contribution in [0.2, 0.25) is 0 Å². The van der Waals surface area contributed by atoms with Crippen LogP contribution in [0.15, 0.2) is 23.0 Å². The lowest BCUT2D eigenvalue weighted by molar-refractivity contribution is -0.385. The van der Waals surface area contributed by atoms with Crippen LogP contribution in [0, 0.1) is 23.0 Å². The molecule has 0 aliphatic rings. The van der Waals surface area contributed by atoms with E-state index in [1.165, 1.54) is 10.9 Å². The first-order chi connectivity index (χ1) is 9.45. The topological polar surface area (TPSA) is 116 Å². The van der Waals surface area contributed by atoms with Crippen LogP contribution in [0.3, 0.4) is 0 Å². The van der Waals surface area contributed by atoms with E-state index in [0.29, 0.717) is 11.6 Å². The number of carbonyl (C=O) groups excluding carboxylic acids is 1. The number of hydrogen-bond donors (Lipinski definition) is 1. The van der Waals surface area contributed by atoms with Crippen LogP contribution >= 0.6 is 0 Å². The quantitative estimate of drug-likeness (QED) is 0.652. The zero-order valence-corrected chi connectivity index (χ0v) is 10.9. The Morgan fingerprint density at radius 2 is 2.40 bits per heavy atom. The number of nitro groups is 1. The number of hydrogen-bond acceptors (Lipinski definition) is 6. The van der Waals surface area contributed by atoms with E-state index in [1.807, 2.05) is 0 Å². The van der Waals surface area contributed by atoms with Crippen LogP contribution in [0.25, 0.3) is 0 Å². The molecule has 9 heteroatoms. The van der Waals surface area contributed by atoms with Gasteiger partial charge < -0.3 is 9.84 Å². The summed E-state index contributed by atoms with van der Waals surface area (Å²) in [4.78, 5) is 21.9. The second-order valence-electron chi connectivity index (χ2n) is 4.39. The molecule has 0 aromatic carbocycles. The minimum absolute atomic E-state index is 0.107. The SMILES string of the molecule is Cc1cc(NC(=O)[C@@H](C)Cn2cc([N+](=O)[O-])cn2)no1. The van der Waals surface area contributed by atoms with Gasteiger partial charge in [-0.15, -0.1) is 0 Å². The summed E-state index contributed by atoms with van der Waals surface area (Å²) < 4.78 is 6.19. The first-order valence-corrected chi connectivity index (χ1v) is 5.86. The molecule has 2 rings (SSSR count). The van der Waals surface area contributed by atoms with E-state index < -0.39 is 10.8 Å². The first-order valence-electron chi connectivity index (χ1n) is 5.86. The molecule has 2 aromatic heterocycles. The van der Waals surface area contributed by atoms with Gasteiger partial charge in [0.05, 0.1) is 17.4 Å². The molecule has 0 aliphatic carbocycles. The van der Waals surface area contributed by atoms with Gasteiger partial charge in [0.25, 0.3) is 0 Å². The summed E-state index contributed by atoms with van der Waals surface area (Å²) in [6.45, 7) is 3.64. The summed E-state index contributed by atoms with van der Waals surface area (Å²) in [6.07, 6.45) is 2.43. The van der Waals surface area contributed by atoms with Crippen molar-refractivity contribution in [2.45, 2.75) is 20.4 Å². The summed E-state index contributed by atoms with van der Waals surface area (Å²) in [6, 6.07) is 1.60. The van der Waals surface area contributed by atoms with Crippen molar-refractivity contribution in [3.05, 3.63) is 34.3 Å². The summed E-state index contributed by atoms with van der Waals surface area (Å²) in [5.74, 6) is 0.240. The van der Waals surface area contributed by atoms with Crippen molar-refractivity contribution >= 4 is 17.4 Å². The Kier molecular flexibility index (Phi) is 3.78. The van der Waals surface area contributed by atoms with Gasteiger partial charge in [-0.1, -0.05) is 12.1 Å². The molecule has 2 heterocycles. The Labute approximate surface area is 113 Å². The summed E-state index contributed by atoms with van der Waals surface area (Å²) in [7, 11) is 0. The average Bonchev–Trinajstić information content (AvgIpc) is 2.98. The Morgan fingerprint density at radius 1 is 1.65 bits per heavy atom. The van der Waals surface area contributed by atoms with Crippen LogP contribution in [0.5, 0.6) is 0 Å². The Morgan fingerprint density at radius 3 is 2.95 bits per heavy atom. The van der Waals surface area contributed by atoms with E-state index in [-0.39, 0.29) is 18.1 Å². The molecule has 1 amide bonds. The van der Waals surface area contributed by atoms with Gasteiger partial charge in [-0.25, -0.2) is 0 Å². The van der Waals surface area contributed by atoms with Crippen molar-refractivity contribution in [2.24, 2.45) is 5.92 Å². The van der Waals surface area contributed by atoms with Gasteiger partial charge in [0.1, 0.15) is 18.2 Å². The van der Waals surface area contributed by atoms with Crippen LogP contribution in [0.1, 0.15) is 12.7 Å². The molecule has 0 fully saturated rings. The van der Waals surface area contributed by atoms with Crippen LogP contribution < -0.4 is 5.32 Å². The summed E-state index contributed by atoms with van der Waals surface area (Å²) in [5.41, 5.74) is -0.107. The van der Waals surface area contributed by atoms with Crippen molar-refractivity contribution in [1.82, 2.24) is 14.9 Å². The highest BCUT2D eigenvalue weighted by Gasteiger charge is 2.17. The van der Waals surface area contributed by atoms with E-state index in [2.05, 4.69) is 15.6 Å². The number of nitrogens with zero attached hydrogens (tertiary/aromatic N) is 4. The largest absolute Gasteiger partial charge is 0.360 e. The summed E-state index contributed by atoms with van der Waals surface area (Å²) >= 11 is 0. The second-order valence-corrected chi connectivity index (χ2v) is 4.39. The normalized spacial score (nSPS) is 12.1. The van der Waals surface area contributed by atoms with Crippen molar-refractivity contribution in [1.29, 1.82) is 0 Å². The molecule has 2 aromatic rings. The fraction of sp³-hybridized carbons (Fsp3) is 0.364. The zero-order chi connectivity index (χ0) is 14.7. The minimum atomic E-state index is -0.535. The smallest absolute Gasteiger partial charge is 0.306 e. The molecule has 0 spiro atoms. The third-order valence-corrected chi connectivity index (χ3v) is 2.62. The predicted octanol–water partition coefficient (Wildman–Crippen LogP) is 1.36. The highest BCUT2D eigenvalue weighted by molar-refractivity contribution is 5.91. The molecule has 9 nitrogen and oxygen atoms in total. The van der Waals surface area contributed by atoms with Gasteiger partial charge in [0, 0.05) is 6.07 Å². The average molecular weight is 279 g/mol. The first kappa shape index (κ1) is 13.7. The van der Waals surface area contributed by atoms with Gasteiger partial charge in [-0.2, -0.15) is 5.10 Å². The van der Waals surface area contributed by atoms with Crippen LogP contribution in [-0.2, 0) is 11.3 Å². The lowest BCUT2D eigenvalue weighted by atomic mass is 10.1. The van der Waals surface area contributed by atoms with E-state index in [0.717, 1.165) is 6.20 Å². The Balaban J connectivity index is 1.94. The van der Waals surface area contributed by atoms with E-state index in [9.17, 15) is 14.9 Å². The van der Waals surface area contributed by atoms with Gasteiger partial charge >= 0.3 is 5.69 Å². The van der Waals surface area contributed by atoms with Gasteiger partial charge in [0.15, 0.2) is 5.82 Å². The lowest BCUT2D eigenvalue weighted by Crippen LogP contribution is -2.24. The molecule has 20 heavy (non-hydrogen) atoms. The predicted molar refractivity (Wildman–Crippen MR) is 67.9 cm³/mol. The molecular formula is C11H13N5O4. The van der Waals surface area contributed by atoms with E-state index in [1.54, 1.807) is 19.9 Å². The number of rotatable bonds is 5. The van der Waals surface area contributed by atoms with Crippen LogP contribution in [-0.4, -0.2) is 25.8 Å². The number of aromatic nitrogens is 3. The number of anilines is 1. The van der Waals surface area contributed by atoms with Crippen molar-refractivity contribution in [2.75, 3.05) is 5.32 Å². The third-order valence-electron chi connectivity index (χ3n) is 2.62. The Bertz CT molecular complexity index is 632. The Hall–Kier alpha value is -2.71. The number of carbonyl (C=O) groups is 1. The van der Waals surface area contributed by atoms with Crippen molar-refractivity contribution in [3.63, 3.8) is 0 Å². The third kappa shape index (κ3) is 3.19. The fourth-order valence-corrected chi connectivity index (χ4v) is 1.59. The standard InChI is InChI=1S/C11H13N5O4/c1-7(5-15-6-9(4-12-15)16(18)19)11(17)13-10-3-8(2)20-14-10/h3-4,6-7H,5H2,1-2H3,(H,13,14,17)/t7-/m0/s1. The van der Waals surface area contributed by atoms with Gasteiger partial charge in [-0.3, -0.25) is 19.6 Å². The number of amides is 1. The summed E-state index contributed by atoms with van der Waals surface area (Å²) in [5, 5.41) is 20.6. The highest BCUT2D eigenvalue weighted by Crippen LogP contribution is 2.12. The fourth-order valence-electron chi connectivity index (χ4n) is 1.59. The molecule has 0 saturated carbocycles. The monoisotopic (exact) mass is 279 g/mol. The molecule has 0 aliphatic heterocycles. The second kappa shape index (κ2) is 5.51. The minimum Gasteiger partial charge on any atom is -0.360 e. The maximum Gasteiger partial charge on any atom is 0.306 e. The molecule has 0 unspecified atom stereocenters. The molecular weight excluding hydrogens is 266 g/mol. The van der Waals surface area contributed by atoms with Crippen molar-refractivity contribution < 1.29 is 14.2 Å². The molecule has 0 radical (unpaired) electrons. The number of nitrogens with one attached hydrogen (secondary N) is 1.